The van der Waals surface area contributed by atoms with E-state index in [1.54, 1.807) is 0 Å². The molecule has 2 atom stereocenters. The van der Waals surface area contributed by atoms with Crippen molar-refractivity contribution < 1.29 is 0 Å². The Hall–Kier alpha value is -0.350. The Morgan fingerprint density at radius 2 is 2.38 bits per heavy atom. The number of nitrogens with zero attached hydrogens (tertiary/aromatic N) is 2. The number of hydrogen-bond acceptors (Lipinski definition) is 4. The summed E-state index contributed by atoms with van der Waals surface area (Å²) in [4.78, 5) is 4.44. The van der Waals surface area contributed by atoms with Gasteiger partial charge in [-0.15, -0.1) is 11.6 Å². The lowest BCUT2D eigenvalue weighted by atomic mass is 10.1. The van der Waals surface area contributed by atoms with Gasteiger partial charge in [-0.05, 0) is 25.2 Å². The number of alkyl halides is 1. The molecule has 1 aromatic heterocycles. The fourth-order valence-corrected chi connectivity index (χ4v) is 3.08. The summed E-state index contributed by atoms with van der Waals surface area (Å²) in [5.74, 6) is 1.56. The average molecular weight is 260 g/mol. The first-order valence-electron chi connectivity index (χ1n) is 6.00. The molecule has 1 N–H and O–H groups in total. The van der Waals surface area contributed by atoms with Crippen LogP contribution in [0.4, 0.5) is 5.13 Å². The van der Waals surface area contributed by atoms with Crippen LogP contribution in [0.5, 0.6) is 0 Å². The lowest BCUT2D eigenvalue weighted by molar-refractivity contribution is 0.586. The molecule has 1 heterocycles. The first kappa shape index (κ1) is 12.1. The Kier molecular flexibility index (Phi) is 4.41. The average Bonchev–Trinajstić information content (AvgIpc) is 2.86. The standard InChI is InChI=1S/C11H18ClN3S/c1-2-4-10-14-11(16-15-10)13-7-8-5-3-6-9(8)12/h8-9H,2-7H2,1H3,(H,13,14,15). The number of rotatable bonds is 5. The normalized spacial score (nSPS) is 24.9. The Bertz CT molecular complexity index is 329. The molecule has 0 aliphatic heterocycles. The molecule has 16 heavy (non-hydrogen) atoms. The van der Waals surface area contributed by atoms with Gasteiger partial charge in [-0.2, -0.15) is 4.37 Å². The fourth-order valence-electron chi connectivity index (χ4n) is 2.09. The maximum atomic E-state index is 6.23. The lowest BCUT2D eigenvalue weighted by Gasteiger charge is -2.13. The van der Waals surface area contributed by atoms with Crippen LogP contribution >= 0.6 is 23.1 Å². The van der Waals surface area contributed by atoms with Crippen molar-refractivity contribution in [3.05, 3.63) is 5.82 Å². The van der Waals surface area contributed by atoms with E-state index in [9.17, 15) is 0 Å². The van der Waals surface area contributed by atoms with E-state index in [4.69, 9.17) is 11.6 Å². The summed E-state index contributed by atoms with van der Waals surface area (Å²) in [5.41, 5.74) is 0. The fraction of sp³-hybridized carbons (Fsp3) is 0.818. The van der Waals surface area contributed by atoms with E-state index in [0.29, 0.717) is 11.3 Å². The number of aryl methyl sites for hydroxylation is 1. The van der Waals surface area contributed by atoms with Crippen LogP contribution in [0.3, 0.4) is 0 Å². The maximum Gasteiger partial charge on any atom is 0.202 e. The highest BCUT2D eigenvalue weighted by atomic mass is 35.5. The van der Waals surface area contributed by atoms with Crippen molar-refractivity contribution in [2.75, 3.05) is 11.9 Å². The predicted molar refractivity (Wildman–Crippen MR) is 69.4 cm³/mol. The molecule has 0 bridgehead atoms. The Balaban J connectivity index is 1.80. The molecule has 1 aliphatic rings. The van der Waals surface area contributed by atoms with Crippen LogP contribution in [-0.4, -0.2) is 21.3 Å². The van der Waals surface area contributed by atoms with Crippen molar-refractivity contribution in [1.82, 2.24) is 9.36 Å². The minimum atomic E-state index is 0.343. The zero-order valence-electron chi connectivity index (χ0n) is 9.58. The maximum absolute atomic E-state index is 6.23. The van der Waals surface area contributed by atoms with Gasteiger partial charge in [-0.25, -0.2) is 4.98 Å². The minimum Gasteiger partial charge on any atom is -0.360 e. The molecule has 0 aromatic carbocycles. The number of hydrogen-bond donors (Lipinski definition) is 1. The molecule has 0 radical (unpaired) electrons. The van der Waals surface area contributed by atoms with E-state index in [0.717, 1.165) is 36.8 Å². The van der Waals surface area contributed by atoms with Gasteiger partial charge in [0.05, 0.1) is 0 Å². The van der Waals surface area contributed by atoms with Crippen LogP contribution in [0, 0.1) is 5.92 Å². The van der Waals surface area contributed by atoms with Gasteiger partial charge in [0.1, 0.15) is 5.82 Å². The third kappa shape index (κ3) is 3.08. The second-order valence-electron chi connectivity index (χ2n) is 4.35. The Morgan fingerprint density at radius 3 is 3.06 bits per heavy atom. The smallest absolute Gasteiger partial charge is 0.202 e. The van der Waals surface area contributed by atoms with Gasteiger partial charge in [-0.1, -0.05) is 13.3 Å². The van der Waals surface area contributed by atoms with Gasteiger partial charge in [0.15, 0.2) is 0 Å². The molecule has 2 rings (SSSR count). The topological polar surface area (TPSA) is 37.8 Å². The van der Waals surface area contributed by atoms with Gasteiger partial charge in [0, 0.05) is 29.9 Å². The Labute approximate surface area is 106 Å². The van der Waals surface area contributed by atoms with Crippen molar-refractivity contribution in [2.45, 2.75) is 44.4 Å². The minimum absolute atomic E-state index is 0.343. The second-order valence-corrected chi connectivity index (χ2v) is 5.67. The monoisotopic (exact) mass is 259 g/mol. The van der Waals surface area contributed by atoms with E-state index in [2.05, 4.69) is 21.6 Å². The molecule has 0 saturated heterocycles. The summed E-state index contributed by atoms with van der Waals surface area (Å²) in [6.45, 7) is 3.08. The zero-order valence-corrected chi connectivity index (χ0v) is 11.2. The summed E-state index contributed by atoms with van der Waals surface area (Å²) in [7, 11) is 0. The molecular weight excluding hydrogens is 242 g/mol. The van der Waals surface area contributed by atoms with Crippen LogP contribution in [0.25, 0.3) is 0 Å². The quantitative estimate of drug-likeness (QED) is 0.825. The SMILES string of the molecule is CCCc1nsc(NCC2CCCC2Cl)n1. The zero-order chi connectivity index (χ0) is 11.4. The van der Waals surface area contributed by atoms with Crippen molar-refractivity contribution in [3.8, 4) is 0 Å². The van der Waals surface area contributed by atoms with Crippen molar-refractivity contribution in [3.63, 3.8) is 0 Å². The Morgan fingerprint density at radius 1 is 1.50 bits per heavy atom. The van der Waals surface area contributed by atoms with Crippen molar-refractivity contribution >= 4 is 28.3 Å². The van der Waals surface area contributed by atoms with Crippen molar-refractivity contribution in [1.29, 1.82) is 0 Å². The second kappa shape index (κ2) is 5.82. The van der Waals surface area contributed by atoms with E-state index in [-0.39, 0.29) is 0 Å². The molecule has 5 heteroatoms. The van der Waals surface area contributed by atoms with Gasteiger partial charge in [0.2, 0.25) is 5.13 Å². The van der Waals surface area contributed by atoms with Crippen LogP contribution < -0.4 is 5.32 Å². The molecular formula is C11H18ClN3S. The van der Waals surface area contributed by atoms with Gasteiger partial charge in [-0.3, -0.25) is 0 Å². The molecule has 90 valence electrons. The predicted octanol–water partition coefficient (Wildman–Crippen LogP) is 3.31. The summed E-state index contributed by atoms with van der Waals surface area (Å²) < 4.78 is 4.31. The summed E-state index contributed by atoms with van der Waals surface area (Å²) in [6, 6.07) is 0. The molecule has 3 nitrogen and oxygen atoms in total. The summed E-state index contributed by atoms with van der Waals surface area (Å²) in [6.07, 6.45) is 5.73. The molecule has 0 spiro atoms. The van der Waals surface area contributed by atoms with E-state index in [1.807, 2.05) is 0 Å². The first-order valence-corrected chi connectivity index (χ1v) is 7.21. The van der Waals surface area contributed by atoms with Crippen LogP contribution in [0.2, 0.25) is 0 Å². The van der Waals surface area contributed by atoms with E-state index >= 15 is 0 Å². The van der Waals surface area contributed by atoms with Crippen molar-refractivity contribution in [2.24, 2.45) is 5.92 Å². The largest absolute Gasteiger partial charge is 0.360 e. The molecule has 2 unspecified atom stereocenters. The van der Waals surface area contributed by atoms with Crippen LogP contribution in [0.15, 0.2) is 0 Å². The number of nitrogens with one attached hydrogen (secondary N) is 1. The molecule has 0 amide bonds. The van der Waals surface area contributed by atoms with Gasteiger partial charge < -0.3 is 5.32 Å². The number of halogens is 1. The van der Waals surface area contributed by atoms with E-state index < -0.39 is 0 Å². The van der Waals surface area contributed by atoms with Crippen LogP contribution in [-0.2, 0) is 6.42 Å². The van der Waals surface area contributed by atoms with Crippen LogP contribution in [0.1, 0.15) is 38.4 Å². The van der Waals surface area contributed by atoms with Gasteiger partial charge >= 0.3 is 0 Å². The number of aromatic nitrogens is 2. The third-order valence-corrected chi connectivity index (χ3v) is 4.31. The highest BCUT2D eigenvalue weighted by Crippen LogP contribution is 2.30. The molecule has 1 aromatic rings. The summed E-state index contributed by atoms with van der Waals surface area (Å²) >= 11 is 7.69. The molecule has 1 fully saturated rings. The highest BCUT2D eigenvalue weighted by molar-refractivity contribution is 7.09. The lowest BCUT2D eigenvalue weighted by Crippen LogP contribution is -2.18. The molecule has 1 saturated carbocycles. The number of anilines is 1. The van der Waals surface area contributed by atoms with E-state index in [1.165, 1.54) is 24.4 Å². The molecule has 1 aliphatic carbocycles. The third-order valence-electron chi connectivity index (χ3n) is 3.02. The first-order chi connectivity index (χ1) is 7.79. The van der Waals surface area contributed by atoms with Gasteiger partial charge in [0.25, 0.3) is 0 Å². The highest BCUT2D eigenvalue weighted by Gasteiger charge is 2.25. The summed E-state index contributed by atoms with van der Waals surface area (Å²) in [5, 5.41) is 4.64.